The number of benzene rings is 1. The largest absolute Gasteiger partial charge is 0.470 e. The van der Waals surface area contributed by atoms with Crippen LogP contribution in [0.5, 0.6) is 5.88 Å². The number of aromatic nitrogens is 3. The molecule has 1 aliphatic heterocycles. The topological polar surface area (TPSA) is 103 Å². The van der Waals surface area contributed by atoms with Crippen LogP contribution in [-0.4, -0.2) is 28.0 Å². The Labute approximate surface area is 164 Å². The molecule has 1 aliphatic rings. The van der Waals surface area contributed by atoms with Gasteiger partial charge in [0.2, 0.25) is 0 Å². The van der Waals surface area contributed by atoms with Crippen LogP contribution < -0.4 is 21.1 Å². The molecule has 0 radical (unpaired) electrons. The Morgan fingerprint density at radius 1 is 0.964 bits per heavy atom. The first kappa shape index (κ1) is 18.0. The average Bonchev–Trinajstić information content (AvgIpc) is 2.74. The molecule has 7 nitrogen and oxygen atoms in total. The van der Waals surface area contributed by atoms with E-state index in [1.54, 1.807) is 18.5 Å². The van der Waals surface area contributed by atoms with E-state index >= 15 is 0 Å². The van der Waals surface area contributed by atoms with Crippen LogP contribution >= 0.6 is 0 Å². The van der Waals surface area contributed by atoms with Gasteiger partial charge in [-0.2, -0.15) is 0 Å². The van der Waals surface area contributed by atoms with E-state index in [0.717, 1.165) is 29.9 Å². The fraction of sp³-hybridized carbons (Fsp3) is 0.286. The van der Waals surface area contributed by atoms with Crippen molar-refractivity contribution in [3.8, 4) is 17.1 Å². The van der Waals surface area contributed by atoms with Crippen molar-refractivity contribution < 1.29 is 4.74 Å². The van der Waals surface area contributed by atoms with Crippen molar-refractivity contribution in [1.82, 2.24) is 15.0 Å². The number of hydrogen-bond acceptors (Lipinski definition) is 7. The predicted octanol–water partition coefficient (Wildman–Crippen LogP) is 3.27. The van der Waals surface area contributed by atoms with Crippen molar-refractivity contribution in [1.29, 1.82) is 0 Å². The summed E-state index contributed by atoms with van der Waals surface area (Å²) in [7, 11) is 0. The van der Waals surface area contributed by atoms with Crippen molar-refractivity contribution in [2.24, 2.45) is 0 Å². The number of nitrogen functional groups attached to an aromatic ring is 2. The maximum atomic E-state index is 5.94. The third-order valence-electron chi connectivity index (χ3n) is 4.87. The van der Waals surface area contributed by atoms with Gasteiger partial charge in [0, 0.05) is 30.5 Å². The number of hydrogen-bond donors (Lipinski definition) is 2. The fourth-order valence-electron chi connectivity index (χ4n) is 3.36. The Bertz CT molecular complexity index is 938. The molecule has 0 saturated carbocycles. The molecule has 0 atom stereocenters. The van der Waals surface area contributed by atoms with Gasteiger partial charge < -0.3 is 21.1 Å². The number of piperidine rings is 1. The van der Waals surface area contributed by atoms with E-state index < -0.39 is 0 Å². The Morgan fingerprint density at radius 2 is 1.75 bits per heavy atom. The lowest BCUT2D eigenvalue weighted by atomic mass is 10.1. The molecule has 4 N–H and O–H groups in total. The van der Waals surface area contributed by atoms with Gasteiger partial charge in [-0.15, -0.1) is 0 Å². The second kappa shape index (κ2) is 8.12. The minimum atomic E-state index is 0.260. The lowest BCUT2D eigenvalue weighted by Gasteiger charge is -2.28. The van der Waals surface area contributed by atoms with Crippen LogP contribution in [0.2, 0.25) is 0 Å². The summed E-state index contributed by atoms with van der Waals surface area (Å²) in [5.41, 5.74) is 15.5. The third-order valence-corrected chi connectivity index (χ3v) is 4.87. The fourth-order valence-corrected chi connectivity index (χ4v) is 3.36. The number of nitrogens with two attached hydrogens (primary N) is 2. The van der Waals surface area contributed by atoms with Crippen molar-refractivity contribution in [3.63, 3.8) is 0 Å². The minimum Gasteiger partial charge on any atom is -0.470 e. The lowest BCUT2D eigenvalue weighted by Crippen LogP contribution is -2.29. The summed E-state index contributed by atoms with van der Waals surface area (Å²) in [6.45, 7) is 2.54. The second-order valence-electron chi connectivity index (χ2n) is 6.92. The average molecular weight is 376 g/mol. The molecule has 1 aromatic carbocycles. The molecule has 28 heavy (non-hydrogen) atoms. The van der Waals surface area contributed by atoms with Crippen LogP contribution in [0.1, 0.15) is 24.8 Å². The highest BCUT2D eigenvalue weighted by Crippen LogP contribution is 2.26. The van der Waals surface area contributed by atoms with Gasteiger partial charge in [-0.05, 0) is 49.1 Å². The maximum absolute atomic E-state index is 5.94. The zero-order chi connectivity index (χ0) is 19.3. The van der Waals surface area contributed by atoms with E-state index in [1.807, 2.05) is 6.07 Å². The highest BCUT2D eigenvalue weighted by molar-refractivity contribution is 5.64. The van der Waals surface area contributed by atoms with E-state index in [4.69, 9.17) is 16.2 Å². The van der Waals surface area contributed by atoms with Gasteiger partial charge in [0.05, 0.1) is 11.9 Å². The van der Waals surface area contributed by atoms with Crippen LogP contribution in [-0.2, 0) is 6.61 Å². The monoisotopic (exact) mass is 376 g/mol. The van der Waals surface area contributed by atoms with Gasteiger partial charge in [0.25, 0.3) is 5.88 Å². The van der Waals surface area contributed by atoms with E-state index in [9.17, 15) is 0 Å². The molecule has 3 aromatic rings. The molecular weight excluding hydrogens is 352 g/mol. The standard InChI is InChI=1S/C21H24N6O/c22-19-12-15(8-9-24-19)14-28-21-20(23)25-13-18(26-21)16-4-6-17(7-5-16)27-10-2-1-3-11-27/h4-9,12-13H,1-3,10-11,14H2,(H2,22,24)(H2,23,25). The van der Waals surface area contributed by atoms with E-state index in [1.165, 1.54) is 24.9 Å². The van der Waals surface area contributed by atoms with Crippen molar-refractivity contribution in [2.45, 2.75) is 25.9 Å². The molecule has 0 amide bonds. The van der Waals surface area contributed by atoms with Gasteiger partial charge in [0.15, 0.2) is 5.82 Å². The smallest absolute Gasteiger partial charge is 0.258 e. The Hall–Kier alpha value is -3.35. The SMILES string of the molecule is Nc1cc(COc2nc(-c3ccc(N4CCCCC4)cc3)cnc2N)ccn1. The van der Waals surface area contributed by atoms with Crippen LogP contribution in [0.3, 0.4) is 0 Å². The maximum Gasteiger partial charge on any atom is 0.258 e. The Kier molecular flexibility index (Phi) is 5.23. The highest BCUT2D eigenvalue weighted by Gasteiger charge is 2.12. The molecule has 144 valence electrons. The van der Waals surface area contributed by atoms with Crippen molar-refractivity contribution >= 4 is 17.3 Å². The summed E-state index contributed by atoms with van der Waals surface area (Å²) < 4.78 is 5.77. The molecule has 7 heteroatoms. The molecule has 0 spiro atoms. The highest BCUT2D eigenvalue weighted by atomic mass is 16.5. The zero-order valence-electron chi connectivity index (χ0n) is 15.7. The van der Waals surface area contributed by atoms with Gasteiger partial charge in [-0.1, -0.05) is 12.1 Å². The Morgan fingerprint density at radius 3 is 2.50 bits per heavy atom. The molecule has 3 heterocycles. The van der Waals surface area contributed by atoms with Gasteiger partial charge in [-0.3, -0.25) is 0 Å². The summed E-state index contributed by atoms with van der Waals surface area (Å²) in [6.07, 6.45) is 7.15. The molecule has 1 fully saturated rings. The first-order valence-electron chi connectivity index (χ1n) is 9.50. The van der Waals surface area contributed by atoms with Crippen LogP contribution in [0.15, 0.2) is 48.8 Å². The van der Waals surface area contributed by atoms with Crippen LogP contribution in [0, 0.1) is 0 Å². The van der Waals surface area contributed by atoms with Crippen LogP contribution in [0.4, 0.5) is 17.3 Å². The molecule has 2 aromatic heterocycles. The van der Waals surface area contributed by atoms with Gasteiger partial charge in [-0.25, -0.2) is 15.0 Å². The molecule has 0 unspecified atom stereocenters. The summed E-state index contributed by atoms with van der Waals surface area (Å²) in [5.74, 6) is 1.02. The third kappa shape index (κ3) is 4.14. The molecule has 0 aliphatic carbocycles. The number of rotatable bonds is 5. The second-order valence-corrected chi connectivity index (χ2v) is 6.92. The number of nitrogens with zero attached hydrogens (tertiary/aromatic N) is 4. The van der Waals surface area contributed by atoms with Crippen LogP contribution in [0.25, 0.3) is 11.3 Å². The molecule has 0 bridgehead atoms. The van der Waals surface area contributed by atoms with Crippen molar-refractivity contribution in [3.05, 3.63) is 54.4 Å². The molecule has 1 saturated heterocycles. The van der Waals surface area contributed by atoms with Gasteiger partial charge >= 0.3 is 0 Å². The lowest BCUT2D eigenvalue weighted by molar-refractivity contribution is 0.295. The summed E-state index contributed by atoms with van der Waals surface area (Å²) >= 11 is 0. The minimum absolute atomic E-state index is 0.260. The zero-order valence-corrected chi connectivity index (χ0v) is 15.7. The first-order chi connectivity index (χ1) is 13.7. The summed E-state index contributed by atoms with van der Waals surface area (Å²) in [5, 5.41) is 0. The summed E-state index contributed by atoms with van der Waals surface area (Å²) in [6, 6.07) is 12.0. The number of pyridine rings is 1. The summed E-state index contributed by atoms with van der Waals surface area (Å²) in [4.78, 5) is 15.2. The van der Waals surface area contributed by atoms with Gasteiger partial charge in [0.1, 0.15) is 12.4 Å². The predicted molar refractivity (Wildman–Crippen MR) is 111 cm³/mol. The number of anilines is 3. The Balaban J connectivity index is 1.49. The van der Waals surface area contributed by atoms with Crippen molar-refractivity contribution in [2.75, 3.05) is 29.5 Å². The van der Waals surface area contributed by atoms with E-state index in [0.29, 0.717) is 18.3 Å². The first-order valence-corrected chi connectivity index (χ1v) is 9.50. The molecule has 4 rings (SSSR count). The normalized spacial score (nSPS) is 14.1. The quantitative estimate of drug-likeness (QED) is 0.704. The van der Waals surface area contributed by atoms with E-state index in [2.05, 4.69) is 44.1 Å². The van der Waals surface area contributed by atoms with E-state index in [-0.39, 0.29) is 5.82 Å². The number of ether oxygens (including phenoxy) is 1. The molecular formula is C21H24N6O.